The molecule has 0 spiro atoms. The van der Waals surface area contributed by atoms with Crippen LogP contribution in [-0.2, 0) is 0 Å². The summed E-state index contributed by atoms with van der Waals surface area (Å²) in [6.07, 6.45) is 3.63. The van der Waals surface area contributed by atoms with Gasteiger partial charge in [-0.2, -0.15) is 0 Å². The Hall–Kier alpha value is -0.630. The van der Waals surface area contributed by atoms with Gasteiger partial charge in [0, 0.05) is 30.7 Å². The van der Waals surface area contributed by atoms with Gasteiger partial charge in [-0.05, 0) is 23.8 Å². The summed E-state index contributed by atoms with van der Waals surface area (Å²) >= 11 is 18.6. The highest BCUT2D eigenvalue weighted by atomic mass is 35.5. The Morgan fingerprint density at radius 1 is 1.06 bits per heavy atom. The summed E-state index contributed by atoms with van der Waals surface area (Å²) in [4.78, 5) is 2.05. The monoisotopic (exact) mass is 301 g/mol. The molecule has 0 amide bonds. The summed E-state index contributed by atoms with van der Waals surface area (Å²) in [6.45, 7) is 0. The van der Waals surface area contributed by atoms with Crippen LogP contribution in [0.4, 0.5) is 5.69 Å². The quantitative estimate of drug-likeness (QED) is 0.716. The van der Waals surface area contributed by atoms with E-state index in [0.29, 0.717) is 10.1 Å². The molecule has 0 aliphatic heterocycles. The van der Waals surface area contributed by atoms with Crippen LogP contribution >= 0.6 is 34.8 Å². The van der Waals surface area contributed by atoms with Crippen LogP contribution in [0.3, 0.4) is 0 Å². The van der Waals surface area contributed by atoms with E-state index >= 15 is 0 Å². The van der Waals surface area contributed by atoms with Gasteiger partial charge in [-0.3, -0.25) is 0 Å². The Balaban J connectivity index is 2.34. The summed E-state index contributed by atoms with van der Waals surface area (Å²) in [5.41, 5.74) is 2.22. The van der Waals surface area contributed by atoms with E-state index in [-0.39, 0.29) is 11.3 Å². The molecule has 0 saturated carbocycles. The fourth-order valence-electron chi connectivity index (χ4n) is 1.97. The zero-order valence-corrected chi connectivity index (χ0v) is 12.5. The number of hydrogen-bond acceptors (Lipinski definition) is 1. The van der Waals surface area contributed by atoms with E-state index in [1.807, 2.05) is 37.2 Å². The van der Waals surface area contributed by atoms with Gasteiger partial charge in [-0.25, -0.2) is 0 Å². The molecule has 2 rings (SSSR count). The number of alkyl halides is 1. The van der Waals surface area contributed by atoms with Crippen molar-refractivity contribution in [2.45, 2.75) is 11.3 Å². The minimum absolute atomic E-state index is 0.0676. The molecule has 0 aromatic heterocycles. The molecule has 0 fully saturated rings. The molecule has 0 heterocycles. The van der Waals surface area contributed by atoms with Gasteiger partial charge in [0.25, 0.3) is 0 Å². The molecular formula is C14H14Cl3N. The third-order valence-electron chi connectivity index (χ3n) is 3.01. The minimum atomic E-state index is -0.162. The number of halogens is 3. The zero-order chi connectivity index (χ0) is 13.3. The summed E-state index contributed by atoms with van der Waals surface area (Å²) < 4.78 is 0. The molecule has 1 aliphatic carbocycles. The van der Waals surface area contributed by atoms with E-state index in [4.69, 9.17) is 34.8 Å². The van der Waals surface area contributed by atoms with Crippen LogP contribution in [0.5, 0.6) is 0 Å². The van der Waals surface area contributed by atoms with Gasteiger partial charge in [-0.1, -0.05) is 41.4 Å². The standard InChI is InChI=1S/C14H14Cl3N/c1-18(2)10-5-3-9(4-6-10)13-11(15)7-8-12(16)14(13)17/h3-8,11,13H,1-2H3. The second kappa shape index (κ2) is 5.56. The Kier molecular flexibility index (Phi) is 4.26. The van der Waals surface area contributed by atoms with Crippen molar-refractivity contribution in [1.82, 2.24) is 0 Å². The highest BCUT2D eigenvalue weighted by Crippen LogP contribution is 2.40. The first-order chi connectivity index (χ1) is 8.50. The van der Waals surface area contributed by atoms with E-state index in [0.717, 1.165) is 11.3 Å². The maximum absolute atomic E-state index is 6.31. The van der Waals surface area contributed by atoms with E-state index in [1.54, 1.807) is 6.08 Å². The van der Waals surface area contributed by atoms with Crippen LogP contribution in [0, 0.1) is 0 Å². The molecular weight excluding hydrogens is 289 g/mol. The third kappa shape index (κ3) is 2.69. The number of nitrogens with zero attached hydrogens (tertiary/aromatic N) is 1. The molecule has 2 unspecified atom stereocenters. The van der Waals surface area contributed by atoms with E-state index in [2.05, 4.69) is 12.1 Å². The summed E-state index contributed by atoms with van der Waals surface area (Å²) in [5, 5.41) is 1.01. The molecule has 1 aromatic rings. The van der Waals surface area contributed by atoms with Crippen molar-refractivity contribution in [3.8, 4) is 0 Å². The first kappa shape index (κ1) is 13.8. The molecule has 0 N–H and O–H groups in total. The lowest BCUT2D eigenvalue weighted by Gasteiger charge is -2.24. The molecule has 1 aliphatic rings. The Bertz CT molecular complexity index is 488. The average molecular weight is 303 g/mol. The second-order valence-corrected chi connectivity index (χ2v) is 5.78. The number of hydrogen-bond donors (Lipinski definition) is 0. The molecule has 4 heteroatoms. The fourth-order valence-corrected chi connectivity index (χ4v) is 2.89. The molecule has 2 atom stereocenters. The Morgan fingerprint density at radius 2 is 1.67 bits per heavy atom. The molecule has 1 nitrogen and oxygen atoms in total. The normalized spacial score (nSPS) is 23.4. The van der Waals surface area contributed by atoms with Crippen molar-refractivity contribution in [2.75, 3.05) is 19.0 Å². The van der Waals surface area contributed by atoms with Crippen molar-refractivity contribution in [2.24, 2.45) is 0 Å². The summed E-state index contributed by atoms with van der Waals surface area (Å²) in [6, 6.07) is 8.19. The molecule has 0 saturated heterocycles. The third-order valence-corrected chi connectivity index (χ3v) is 4.28. The number of anilines is 1. The van der Waals surface area contributed by atoms with E-state index in [1.165, 1.54) is 0 Å². The smallest absolute Gasteiger partial charge is 0.0638 e. The lowest BCUT2D eigenvalue weighted by Crippen LogP contribution is -2.15. The lowest BCUT2D eigenvalue weighted by molar-refractivity contribution is 0.842. The van der Waals surface area contributed by atoms with Crippen LogP contribution < -0.4 is 4.90 Å². The van der Waals surface area contributed by atoms with E-state index in [9.17, 15) is 0 Å². The fraction of sp³-hybridized carbons (Fsp3) is 0.286. The topological polar surface area (TPSA) is 3.24 Å². The predicted molar refractivity (Wildman–Crippen MR) is 81.0 cm³/mol. The molecule has 1 aromatic carbocycles. The van der Waals surface area contributed by atoms with Gasteiger partial charge in [-0.15, -0.1) is 11.6 Å². The van der Waals surface area contributed by atoms with Gasteiger partial charge >= 0.3 is 0 Å². The van der Waals surface area contributed by atoms with Gasteiger partial charge in [0.1, 0.15) is 0 Å². The first-order valence-electron chi connectivity index (χ1n) is 5.65. The van der Waals surface area contributed by atoms with Crippen molar-refractivity contribution < 1.29 is 0 Å². The van der Waals surface area contributed by atoms with Crippen LogP contribution in [0.1, 0.15) is 11.5 Å². The van der Waals surface area contributed by atoms with Crippen molar-refractivity contribution in [1.29, 1.82) is 0 Å². The molecule has 18 heavy (non-hydrogen) atoms. The lowest BCUT2D eigenvalue weighted by atomic mass is 9.91. The zero-order valence-electron chi connectivity index (χ0n) is 10.2. The van der Waals surface area contributed by atoms with Crippen LogP contribution in [0.25, 0.3) is 0 Å². The van der Waals surface area contributed by atoms with Crippen LogP contribution in [-0.4, -0.2) is 19.5 Å². The first-order valence-corrected chi connectivity index (χ1v) is 6.84. The van der Waals surface area contributed by atoms with E-state index < -0.39 is 0 Å². The number of benzene rings is 1. The highest BCUT2D eigenvalue weighted by molar-refractivity contribution is 6.41. The average Bonchev–Trinajstić information content (AvgIpc) is 2.35. The maximum atomic E-state index is 6.31. The maximum Gasteiger partial charge on any atom is 0.0638 e. The Labute approximate surface area is 123 Å². The molecule has 0 bridgehead atoms. The van der Waals surface area contributed by atoms with Crippen molar-refractivity contribution in [3.63, 3.8) is 0 Å². The largest absolute Gasteiger partial charge is 0.378 e. The van der Waals surface area contributed by atoms with Crippen LogP contribution in [0.15, 0.2) is 46.5 Å². The highest BCUT2D eigenvalue weighted by Gasteiger charge is 2.27. The van der Waals surface area contributed by atoms with Crippen molar-refractivity contribution in [3.05, 3.63) is 52.0 Å². The van der Waals surface area contributed by atoms with Gasteiger partial charge in [0.05, 0.1) is 10.4 Å². The summed E-state index contributed by atoms with van der Waals surface area (Å²) in [7, 11) is 4.01. The van der Waals surface area contributed by atoms with Crippen LogP contribution in [0.2, 0.25) is 0 Å². The Morgan fingerprint density at radius 3 is 2.22 bits per heavy atom. The molecule has 0 radical (unpaired) electrons. The van der Waals surface area contributed by atoms with Gasteiger partial charge in [0.2, 0.25) is 0 Å². The van der Waals surface area contributed by atoms with Crippen molar-refractivity contribution >= 4 is 40.5 Å². The number of rotatable bonds is 2. The SMILES string of the molecule is CN(C)c1ccc(C2C(Cl)=C(Cl)C=CC2Cl)cc1. The summed E-state index contributed by atoms with van der Waals surface area (Å²) in [5.74, 6) is -0.0676. The predicted octanol–water partition coefficient (Wildman–Crippen LogP) is 4.70. The minimum Gasteiger partial charge on any atom is -0.378 e. The second-order valence-electron chi connectivity index (χ2n) is 4.46. The number of allylic oxidation sites excluding steroid dienone is 4. The van der Waals surface area contributed by atoms with Gasteiger partial charge in [0.15, 0.2) is 0 Å². The van der Waals surface area contributed by atoms with Gasteiger partial charge < -0.3 is 4.90 Å². The molecule has 96 valence electrons.